The summed E-state index contributed by atoms with van der Waals surface area (Å²) in [7, 11) is 0. The number of benzene rings is 1. The number of rotatable bonds is 9. The Morgan fingerprint density at radius 1 is 1.06 bits per heavy atom. The van der Waals surface area contributed by atoms with Gasteiger partial charge in [0.1, 0.15) is 11.7 Å². The molecule has 0 aliphatic heterocycles. The Hall–Kier alpha value is -2.94. The molecule has 0 radical (unpaired) electrons. The topological polar surface area (TPSA) is 125 Å². The number of carboxylic acids is 1. The first-order valence-electron chi connectivity index (χ1n) is 10.9. The molecule has 4 N–H and O–H groups in total. The molecule has 0 aromatic heterocycles. The van der Waals surface area contributed by atoms with E-state index in [0.29, 0.717) is 5.56 Å². The van der Waals surface area contributed by atoms with Crippen LogP contribution in [0.25, 0.3) is 6.08 Å². The highest BCUT2D eigenvalue weighted by molar-refractivity contribution is 9.10. The second-order valence-electron chi connectivity index (χ2n) is 9.50. The number of amides is 3. The second-order valence-corrected chi connectivity index (χ2v) is 10.4. The highest BCUT2D eigenvalue weighted by Crippen LogP contribution is 2.21. The van der Waals surface area contributed by atoms with Crippen molar-refractivity contribution >= 4 is 45.7 Å². The van der Waals surface area contributed by atoms with Gasteiger partial charge in [-0.25, -0.2) is 4.79 Å². The van der Waals surface area contributed by atoms with Crippen LogP contribution in [0.4, 0.5) is 0 Å². The van der Waals surface area contributed by atoms with Gasteiger partial charge in [0.25, 0.3) is 5.91 Å². The Morgan fingerprint density at radius 2 is 1.68 bits per heavy atom. The summed E-state index contributed by atoms with van der Waals surface area (Å²) in [5.74, 6) is -2.66. The van der Waals surface area contributed by atoms with Crippen LogP contribution in [0.1, 0.15) is 54.0 Å². The Labute approximate surface area is 209 Å². The van der Waals surface area contributed by atoms with Crippen molar-refractivity contribution in [3.8, 4) is 0 Å². The zero-order valence-corrected chi connectivity index (χ0v) is 22.2. The van der Waals surface area contributed by atoms with Crippen molar-refractivity contribution < 1.29 is 24.3 Å². The number of halogens is 1. The largest absolute Gasteiger partial charge is 0.478 e. The van der Waals surface area contributed by atoms with Crippen LogP contribution in [-0.2, 0) is 19.2 Å². The molecule has 0 saturated carbocycles. The monoisotopic (exact) mass is 535 g/mol. The van der Waals surface area contributed by atoms with E-state index in [2.05, 4.69) is 31.9 Å². The molecular formula is C25H34BrN3O5. The van der Waals surface area contributed by atoms with Gasteiger partial charge < -0.3 is 21.1 Å². The molecule has 0 aliphatic carbocycles. The lowest BCUT2D eigenvalue weighted by atomic mass is 9.85. The average molecular weight is 536 g/mol. The highest BCUT2D eigenvalue weighted by atomic mass is 79.9. The van der Waals surface area contributed by atoms with E-state index >= 15 is 0 Å². The first kappa shape index (κ1) is 29.1. The third-order valence-corrected chi connectivity index (χ3v) is 5.41. The maximum atomic E-state index is 13.2. The summed E-state index contributed by atoms with van der Waals surface area (Å²) in [6.07, 6.45) is 3.01. The number of hydrogen-bond acceptors (Lipinski definition) is 4. The molecule has 0 saturated heterocycles. The SMILES string of the molecule is CC(=O)N/C(=C\c1cccc(Br)c1)C(=O)N[C@H](C(=O)N[C@H](/C=C(\C)C(=O)O)C(C)C)C(C)(C)C. The van der Waals surface area contributed by atoms with Crippen molar-refractivity contribution in [3.05, 3.63) is 51.6 Å². The Morgan fingerprint density at radius 3 is 2.15 bits per heavy atom. The lowest BCUT2D eigenvalue weighted by molar-refractivity contribution is -0.133. The number of hydrogen-bond donors (Lipinski definition) is 4. The quantitative estimate of drug-likeness (QED) is 0.359. The van der Waals surface area contributed by atoms with Crippen LogP contribution in [-0.4, -0.2) is 40.9 Å². The van der Waals surface area contributed by atoms with Gasteiger partial charge in [-0.3, -0.25) is 14.4 Å². The fourth-order valence-electron chi connectivity index (χ4n) is 2.98. The van der Waals surface area contributed by atoms with Crippen molar-refractivity contribution in [2.45, 2.75) is 60.5 Å². The van der Waals surface area contributed by atoms with E-state index in [0.717, 1.165) is 4.47 Å². The average Bonchev–Trinajstić information content (AvgIpc) is 2.69. The first-order chi connectivity index (χ1) is 15.6. The Kier molecular flexibility index (Phi) is 10.7. The third kappa shape index (κ3) is 9.51. The van der Waals surface area contributed by atoms with Crippen molar-refractivity contribution in [1.82, 2.24) is 16.0 Å². The Bertz CT molecular complexity index is 993. The molecular weight excluding hydrogens is 502 g/mol. The molecule has 1 aromatic carbocycles. The molecule has 3 amide bonds. The molecule has 0 aliphatic rings. The molecule has 34 heavy (non-hydrogen) atoms. The van der Waals surface area contributed by atoms with E-state index in [-0.39, 0.29) is 17.2 Å². The highest BCUT2D eigenvalue weighted by Gasteiger charge is 2.34. The maximum Gasteiger partial charge on any atom is 0.331 e. The van der Waals surface area contributed by atoms with Gasteiger partial charge in [-0.2, -0.15) is 0 Å². The van der Waals surface area contributed by atoms with E-state index in [1.54, 1.807) is 39.0 Å². The van der Waals surface area contributed by atoms with E-state index in [1.807, 2.05) is 19.9 Å². The summed E-state index contributed by atoms with van der Waals surface area (Å²) >= 11 is 3.37. The molecule has 1 rings (SSSR count). The first-order valence-corrected chi connectivity index (χ1v) is 11.7. The summed E-state index contributed by atoms with van der Waals surface area (Å²) in [4.78, 5) is 49.3. The third-order valence-electron chi connectivity index (χ3n) is 4.91. The smallest absolute Gasteiger partial charge is 0.331 e. The predicted molar refractivity (Wildman–Crippen MR) is 135 cm³/mol. The van der Waals surface area contributed by atoms with Gasteiger partial charge in [-0.15, -0.1) is 0 Å². The van der Waals surface area contributed by atoms with E-state index in [1.165, 1.54) is 26.0 Å². The van der Waals surface area contributed by atoms with Crippen LogP contribution in [0, 0.1) is 11.3 Å². The summed E-state index contributed by atoms with van der Waals surface area (Å²) < 4.78 is 0.806. The minimum absolute atomic E-state index is 0.00493. The van der Waals surface area contributed by atoms with Crippen molar-refractivity contribution in [3.63, 3.8) is 0 Å². The minimum atomic E-state index is -1.07. The van der Waals surface area contributed by atoms with Crippen LogP contribution >= 0.6 is 15.9 Å². The normalized spacial score (nSPS) is 14.3. The summed E-state index contributed by atoms with van der Waals surface area (Å²) in [5.41, 5.74) is 0.110. The zero-order chi connectivity index (χ0) is 26.2. The number of carbonyl (C=O) groups is 4. The number of aliphatic carboxylic acids is 1. The Balaban J connectivity index is 3.25. The molecule has 2 atom stereocenters. The molecule has 9 heteroatoms. The van der Waals surface area contributed by atoms with E-state index in [4.69, 9.17) is 0 Å². The molecule has 8 nitrogen and oxygen atoms in total. The van der Waals surface area contributed by atoms with Crippen LogP contribution in [0.15, 0.2) is 46.1 Å². The van der Waals surface area contributed by atoms with Crippen LogP contribution in [0.3, 0.4) is 0 Å². The predicted octanol–water partition coefficient (Wildman–Crippen LogP) is 3.63. The van der Waals surface area contributed by atoms with Gasteiger partial charge in [-0.1, -0.05) is 68.8 Å². The lowest BCUT2D eigenvalue weighted by Gasteiger charge is -2.32. The zero-order valence-electron chi connectivity index (χ0n) is 20.7. The minimum Gasteiger partial charge on any atom is -0.478 e. The standard InChI is InChI=1S/C25H34BrN3O5/c1-14(2)19(11-15(3)24(33)34)28-23(32)21(25(5,6)7)29-22(31)20(27-16(4)30)13-17-9-8-10-18(26)12-17/h8-14,19,21H,1-7H3,(H,27,30)(H,28,32)(H,29,31)(H,33,34)/b15-11+,20-13-/t19-,21-/m1/s1. The number of carboxylic acid groups (broad SMARTS) is 1. The maximum absolute atomic E-state index is 13.2. The van der Waals surface area contributed by atoms with Gasteiger partial charge in [-0.05, 0) is 42.0 Å². The van der Waals surface area contributed by atoms with Crippen LogP contribution in [0.5, 0.6) is 0 Å². The van der Waals surface area contributed by atoms with Gasteiger partial charge >= 0.3 is 5.97 Å². The summed E-state index contributed by atoms with van der Waals surface area (Å²) in [6, 6.07) is 5.69. The van der Waals surface area contributed by atoms with Crippen molar-refractivity contribution in [2.75, 3.05) is 0 Å². The van der Waals surface area contributed by atoms with Gasteiger partial charge in [0.05, 0.1) is 6.04 Å². The lowest BCUT2D eigenvalue weighted by Crippen LogP contribution is -2.56. The number of carbonyl (C=O) groups excluding carboxylic acids is 3. The molecule has 0 bridgehead atoms. The number of nitrogens with one attached hydrogen (secondary N) is 3. The molecule has 0 spiro atoms. The molecule has 0 fully saturated rings. The van der Waals surface area contributed by atoms with Crippen LogP contribution < -0.4 is 16.0 Å². The summed E-state index contributed by atoms with van der Waals surface area (Å²) in [6.45, 7) is 11.9. The second kappa shape index (κ2) is 12.5. The van der Waals surface area contributed by atoms with E-state index < -0.39 is 41.2 Å². The fourth-order valence-corrected chi connectivity index (χ4v) is 3.40. The summed E-state index contributed by atoms with van der Waals surface area (Å²) in [5, 5.41) is 17.3. The van der Waals surface area contributed by atoms with Gasteiger partial charge in [0, 0.05) is 17.0 Å². The molecule has 0 heterocycles. The van der Waals surface area contributed by atoms with Crippen molar-refractivity contribution in [2.24, 2.45) is 11.3 Å². The molecule has 186 valence electrons. The molecule has 0 unspecified atom stereocenters. The van der Waals surface area contributed by atoms with Crippen LogP contribution in [0.2, 0.25) is 0 Å². The fraction of sp³-hybridized carbons (Fsp3) is 0.440. The molecule has 1 aromatic rings. The van der Waals surface area contributed by atoms with Crippen molar-refractivity contribution in [1.29, 1.82) is 0 Å². The van der Waals surface area contributed by atoms with Gasteiger partial charge in [0.2, 0.25) is 11.8 Å². The van der Waals surface area contributed by atoms with E-state index in [9.17, 15) is 24.3 Å². The van der Waals surface area contributed by atoms with Gasteiger partial charge in [0.15, 0.2) is 0 Å².